The molecule has 2 aromatic carbocycles. The summed E-state index contributed by atoms with van der Waals surface area (Å²) >= 11 is 0. The largest absolute Gasteiger partial charge is 0.348 e. The molecule has 28 heavy (non-hydrogen) atoms. The Labute approximate surface area is 163 Å². The molecule has 1 N–H and O–H groups in total. The molecule has 140 valence electrons. The van der Waals surface area contributed by atoms with Crippen LogP contribution in [0.4, 0.5) is 0 Å². The van der Waals surface area contributed by atoms with E-state index >= 15 is 0 Å². The van der Waals surface area contributed by atoms with Crippen LogP contribution in [0.2, 0.25) is 0 Å². The molecule has 2 heterocycles. The molecule has 0 aliphatic heterocycles. The van der Waals surface area contributed by atoms with Gasteiger partial charge in [-0.2, -0.15) is 0 Å². The summed E-state index contributed by atoms with van der Waals surface area (Å²) in [6.07, 6.45) is 0. The summed E-state index contributed by atoms with van der Waals surface area (Å²) in [5, 5.41) is 11.4. The highest BCUT2D eigenvalue weighted by Gasteiger charge is 2.23. The number of aromatic nitrogens is 4. The quantitative estimate of drug-likeness (QED) is 0.585. The number of carbonyl (C=O) groups excluding carboxylic acids is 1. The van der Waals surface area contributed by atoms with Crippen LogP contribution in [-0.4, -0.2) is 25.5 Å². The van der Waals surface area contributed by atoms with Gasteiger partial charge in [-0.15, -0.1) is 10.2 Å². The molecule has 0 bridgehead atoms. The van der Waals surface area contributed by atoms with Crippen molar-refractivity contribution in [2.24, 2.45) is 0 Å². The van der Waals surface area contributed by atoms with Crippen LogP contribution in [0.1, 0.15) is 34.3 Å². The third-order valence-electron chi connectivity index (χ3n) is 4.71. The first-order chi connectivity index (χ1) is 13.6. The van der Waals surface area contributed by atoms with Crippen molar-refractivity contribution < 1.29 is 4.79 Å². The van der Waals surface area contributed by atoms with E-state index < -0.39 is 0 Å². The lowest BCUT2D eigenvalue weighted by atomic mass is 9.90. The fourth-order valence-corrected chi connectivity index (χ4v) is 3.47. The van der Waals surface area contributed by atoms with E-state index in [-0.39, 0.29) is 18.4 Å². The lowest BCUT2D eigenvalue weighted by molar-refractivity contribution is -0.121. The van der Waals surface area contributed by atoms with E-state index in [0.29, 0.717) is 11.6 Å². The minimum atomic E-state index is -0.386. The van der Waals surface area contributed by atoms with Gasteiger partial charge in [-0.1, -0.05) is 60.7 Å². The van der Waals surface area contributed by atoms with Crippen molar-refractivity contribution in [1.82, 2.24) is 24.9 Å². The van der Waals surface area contributed by atoms with Gasteiger partial charge in [0.15, 0.2) is 5.82 Å². The van der Waals surface area contributed by atoms with Crippen LogP contribution in [0, 0.1) is 13.8 Å². The van der Waals surface area contributed by atoms with Crippen molar-refractivity contribution in [1.29, 1.82) is 0 Å². The van der Waals surface area contributed by atoms with Gasteiger partial charge in [0.1, 0.15) is 0 Å². The monoisotopic (exact) mass is 371 g/mol. The second kappa shape index (κ2) is 7.60. The maximum atomic E-state index is 13.1. The molecule has 0 spiro atoms. The van der Waals surface area contributed by atoms with E-state index in [1.54, 1.807) is 0 Å². The number of nitrogens with one attached hydrogen (secondary N) is 1. The molecular formula is C22H21N5O. The van der Waals surface area contributed by atoms with Crippen molar-refractivity contribution in [2.45, 2.75) is 26.3 Å². The van der Waals surface area contributed by atoms with E-state index in [4.69, 9.17) is 0 Å². The lowest BCUT2D eigenvalue weighted by Gasteiger charge is -2.17. The molecule has 4 rings (SSSR count). The summed E-state index contributed by atoms with van der Waals surface area (Å²) in [7, 11) is 0. The second-order valence-electron chi connectivity index (χ2n) is 6.76. The minimum absolute atomic E-state index is 0.0770. The molecule has 0 aliphatic rings. The highest BCUT2D eigenvalue weighted by atomic mass is 16.1. The first kappa shape index (κ1) is 17.9. The first-order valence-corrected chi connectivity index (χ1v) is 9.19. The Morgan fingerprint density at radius 1 is 0.964 bits per heavy atom. The summed E-state index contributed by atoms with van der Waals surface area (Å²) in [5.74, 6) is 0.743. The zero-order chi connectivity index (χ0) is 19.5. The number of benzene rings is 2. The molecule has 0 unspecified atom stereocenters. The van der Waals surface area contributed by atoms with Gasteiger partial charge in [0.2, 0.25) is 5.91 Å². The number of rotatable bonds is 5. The number of carbonyl (C=O) groups is 1. The van der Waals surface area contributed by atoms with E-state index in [9.17, 15) is 4.79 Å². The summed E-state index contributed by atoms with van der Waals surface area (Å²) < 4.78 is 1.87. The summed E-state index contributed by atoms with van der Waals surface area (Å²) in [6.45, 7) is 4.18. The molecule has 4 aromatic rings. The van der Waals surface area contributed by atoms with Gasteiger partial charge in [-0.05, 0) is 31.0 Å². The highest BCUT2D eigenvalue weighted by Crippen LogP contribution is 2.24. The molecule has 1 amide bonds. The van der Waals surface area contributed by atoms with Gasteiger partial charge in [0, 0.05) is 11.4 Å². The van der Waals surface area contributed by atoms with Crippen molar-refractivity contribution in [3.05, 3.63) is 95.1 Å². The predicted octanol–water partition coefficient (Wildman–Crippen LogP) is 3.19. The molecule has 0 radical (unpaired) electrons. The van der Waals surface area contributed by atoms with E-state index in [1.807, 2.05) is 85.0 Å². The van der Waals surface area contributed by atoms with Gasteiger partial charge in [-0.25, -0.2) is 4.98 Å². The molecule has 0 fully saturated rings. The maximum absolute atomic E-state index is 13.1. The molecule has 6 heteroatoms. The predicted molar refractivity (Wildman–Crippen MR) is 107 cm³/mol. The number of hydrogen-bond donors (Lipinski definition) is 1. The Kier molecular flexibility index (Phi) is 4.85. The van der Waals surface area contributed by atoms with E-state index in [2.05, 4.69) is 20.5 Å². The van der Waals surface area contributed by atoms with Crippen LogP contribution in [0.3, 0.4) is 0 Å². The number of nitrogens with zero attached hydrogens (tertiary/aromatic N) is 4. The molecule has 0 aliphatic carbocycles. The van der Waals surface area contributed by atoms with Crippen molar-refractivity contribution in [2.75, 3.05) is 0 Å². The standard InChI is InChI=1S/C22H21N5O/c1-15-13-16(2)27-19(25-26-22(27)24-15)14-23-21(28)20(17-9-5-3-6-10-17)18-11-7-4-8-12-18/h3-13,20H,14H2,1-2H3,(H,23,28). The number of hydrogen-bond acceptors (Lipinski definition) is 4. The molecule has 0 saturated carbocycles. The second-order valence-corrected chi connectivity index (χ2v) is 6.76. The maximum Gasteiger partial charge on any atom is 0.255 e. The molecule has 0 atom stereocenters. The third-order valence-corrected chi connectivity index (χ3v) is 4.71. The van der Waals surface area contributed by atoms with Crippen LogP contribution < -0.4 is 5.32 Å². The van der Waals surface area contributed by atoms with E-state index in [1.165, 1.54) is 0 Å². The zero-order valence-corrected chi connectivity index (χ0v) is 15.8. The van der Waals surface area contributed by atoms with Crippen LogP contribution in [-0.2, 0) is 11.3 Å². The Balaban J connectivity index is 1.61. The Morgan fingerprint density at radius 2 is 1.57 bits per heavy atom. The Morgan fingerprint density at radius 3 is 2.18 bits per heavy atom. The Bertz CT molecular complexity index is 1070. The smallest absolute Gasteiger partial charge is 0.255 e. The van der Waals surface area contributed by atoms with Crippen LogP contribution >= 0.6 is 0 Å². The number of aryl methyl sites for hydroxylation is 2. The molecular weight excluding hydrogens is 350 g/mol. The highest BCUT2D eigenvalue weighted by molar-refractivity contribution is 5.87. The van der Waals surface area contributed by atoms with Crippen molar-refractivity contribution >= 4 is 11.7 Å². The number of fused-ring (bicyclic) bond motifs is 1. The molecule has 6 nitrogen and oxygen atoms in total. The summed E-state index contributed by atoms with van der Waals surface area (Å²) in [5.41, 5.74) is 3.78. The summed E-state index contributed by atoms with van der Waals surface area (Å²) in [6, 6.07) is 21.5. The molecule has 0 saturated heterocycles. The van der Waals surface area contributed by atoms with Gasteiger partial charge >= 0.3 is 0 Å². The SMILES string of the molecule is Cc1cc(C)n2c(CNC(=O)C(c3ccccc3)c3ccccc3)nnc2n1. The van der Waals surface area contributed by atoms with Gasteiger partial charge in [0.05, 0.1) is 12.5 Å². The fourth-order valence-electron chi connectivity index (χ4n) is 3.47. The Hall–Kier alpha value is -3.54. The van der Waals surface area contributed by atoms with Gasteiger partial charge in [0.25, 0.3) is 5.78 Å². The average molecular weight is 371 g/mol. The van der Waals surface area contributed by atoms with Crippen LogP contribution in [0.15, 0.2) is 66.7 Å². The van der Waals surface area contributed by atoms with Crippen LogP contribution in [0.25, 0.3) is 5.78 Å². The molecule has 2 aromatic heterocycles. The van der Waals surface area contributed by atoms with Gasteiger partial charge < -0.3 is 5.32 Å². The lowest BCUT2D eigenvalue weighted by Crippen LogP contribution is -2.30. The van der Waals surface area contributed by atoms with Crippen LogP contribution in [0.5, 0.6) is 0 Å². The van der Waals surface area contributed by atoms with Gasteiger partial charge in [-0.3, -0.25) is 9.20 Å². The normalized spacial score (nSPS) is 11.1. The topological polar surface area (TPSA) is 72.2 Å². The first-order valence-electron chi connectivity index (χ1n) is 9.19. The van der Waals surface area contributed by atoms with Crippen molar-refractivity contribution in [3.63, 3.8) is 0 Å². The summed E-state index contributed by atoms with van der Waals surface area (Å²) in [4.78, 5) is 17.5. The van der Waals surface area contributed by atoms with Crippen molar-refractivity contribution in [3.8, 4) is 0 Å². The van der Waals surface area contributed by atoms with E-state index in [0.717, 1.165) is 22.5 Å². The zero-order valence-electron chi connectivity index (χ0n) is 15.8. The fraction of sp³-hybridized carbons (Fsp3) is 0.182. The number of amides is 1. The average Bonchev–Trinajstić information content (AvgIpc) is 3.11. The minimum Gasteiger partial charge on any atom is -0.348 e. The third kappa shape index (κ3) is 3.49.